The SMILES string of the molecule is Cc1cccc(Cl)c1Nc1nc2ccc(CC(=O)N3C[C@@H](F)C[C@H]3COC3CCCCC3)c(F)c2o1. The number of rotatable bonds is 7. The van der Waals surface area contributed by atoms with E-state index in [0.29, 0.717) is 22.8 Å². The smallest absolute Gasteiger partial charge is 0.300 e. The molecule has 1 amide bonds. The first-order chi connectivity index (χ1) is 17.4. The Morgan fingerprint density at radius 1 is 1.25 bits per heavy atom. The van der Waals surface area contributed by atoms with Gasteiger partial charge in [-0.3, -0.25) is 4.79 Å². The molecule has 3 aromatic rings. The van der Waals surface area contributed by atoms with Crippen LogP contribution in [0.5, 0.6) is 0 Å². The molecule has 1 N–H and O–H groups in total. The number of nitrogens with zero attached hydrogens (tertiary/aromatic N) is 2. The van der Waals surface area contributed by atoms with Crippen LogP contribution in [0.15, 0.2) is 34.7 Å². The van der Waals surface area contributed by atoms with Gasteiger partial charge in [0.2, 0.25) is 5.91 Å². The van der Waals surface area contributed by atoms with Crippen LogP contribution < -0.4 is 5.32 Å². The van der Waals surface area contributed by atoms with Crippen molar-refractivity contribution in [2.75, 3.05) is 18.5 Å². The molecule has 0 spiro atoms. The normalized spacial score (nSPS) is 20.8. The number of nitrogens with one attached hydrogen (secondary N) is 1. The fraction of sp³-hybridized carbons (Fsp3) is 0.481. The number of hydrogen-bond acceptors (Lipinski definition) is 5. The van der Waals surface area contributed by atoms with Gasteiger partial charge in [0.25, 0.3) is 6.01 Å². The van der Waals surface area contributed by atoms with Gasteiger partial charge in [0.1, 0.15) is 11.7 Å². The Bertz CT molecular complexity index is 1220. The number of carbonyl (C=O) groups excluding carboxylic acids is 1. The fourth-order valence-corrected chi connectivity index (χ4v) is 5.42. The molecular weight excluding hydrogens is 488 g/mol. The van der Waals surface area contributed by atoms with E-state index in [-0.39, 0.29) is 54.6 Å². The number of fused-ring (bicyclic) bond motifs is 1. The first-order valence-corrected chi connectivity index (χ1v) is 12.9. The number of ether oxygens (including phenoxy) is 1. The first kappa shape index (κ1) is 25.0. The summed E-state index contributed by atoms with van der Waals surface area (Å²) in [6, 6.07) is 8.35. The highest BCUT2D eigenvalue weighted by molar-refractivity contribution is 6.33. The van der Waals surface area contributed by atoms with E-state index >= 15 is 4.39 Å². The quantitative estimate of drug-likeness (QED) is 0.387. The number of para-hydroxylation sites is 1. The predicted octanol–water partition coefficient (Wildman–Crippen LogP) is 6.50. The number of carbonyl (C=O) groups is 1. The van der Waals surface area contributed by atoms with E-state index in [0.717, 1.165) is 31.2 Å². The molecule has 2 heterocycles. The Kier molecular flexibility index (Phi) is 7.44. The summed E-state index contributed by atoms with van der Waals surface area (Å²) in [4.78, 5) is 18.9. The molecule has 1 aliphatic heterocycles. The van der Waals surface area contributed by atoms with E-state index in [4.69, 9.17) is 20.8 Å². The Labute approximate surface area is 214 Å². The van der Waals surface area contributed by atoms with Crippen molar-refractivity contribution < 1.29 is 22.7 Å². The molecule has 1 saturated carbocycles. The average molecular weight is 518 g/mol. The summed E-state index contributed by atoms with van der Waals surface area (Å²) in [5.41, 5.74) is 1.96. The van der Waals surface area contributed by atoms with Crippen LogP contribution in [0.2, 0.25) is 5.02 Å². The number of aryl methyl sites for hydroxylation is 1. The number of aromatic nitrogens is 1. The van der Waals surface area contributed by atoms with Gasteiger partial charge in [0.15, 0.2) is 11.4 Å². The van der Waals surface area contributed by atoms with Crippen molar-refractivity contribution in [1.29, 1.82) is 0 Å². The van der Waals surface area contributed by atoms with E-state index in [1.54, 1.807) is 12.1 Å². The summed E-state index contributed by atoms with van der Waals surface area (Å²) < 4.78 is 41.3. The third-order valence-electron chi connectivity index (χ3n) is 7.13. The van der Waals surface area contributed by atoms with Crippen molar-refractivity contribution in [3.63, 3.8) is 0 Å². The van der Waals surface area contributed by atoms with Gasteiger partial charge in [0, 0.05) is 12.0 Å². The van der Waals surface area contributed by atoms with Crippen LogP contribution in [0.1, 0.15) is 49.7 Å². The second kappa shape index (κ2) is 10.7. The highest BCUT2D eigenvalue weighted by Gasteiger charge is 2.36. The number of likely N-dealkylation sites (tertiary alicyclic amines) is 1. The van der Waals surface area contributed by atoms with Gasteiger partial charge < -0.3 is 19.4 Å². The maximum atomic E-state index is 15.3. The van der Waals surface area contributed by atoms with Crippen molar-refractivity contribution in [2.45, 2.75) is 70.2 Å². The van der Waals surface area contributed by atoms with Gasteiger partial charge in [-0.2, -0.15) is 4.98 Å². The lowest BCUT2D eigenvalue weighted by Crippen LogP contribution is -2.40. The zero-order chi connectivity index (χ0) is 25.2. The van der Waals surface area contributed by atoms with Crippen LogP contribution in [0.25, 0.3) is 11.1 Å². The van der Waals surface area contributed by atoms with E-state index in [9.17, 15) is 9.18 Å². The van der Waals surface area contributed by atoms with Crippen LogP contribution in [-0.4, -0.2) is 47.3 Å². The average Bonchev–Trinajstić information content (AvgIpc) is 3.46. The monoisotopic (exact) mass is 517 g/mol. The van der Waals surface area contributed by atoms with Crippen molar-refractivity contribution in [3.05, 3.63) is 52.3 Å². The summed E-state index contributed by atoms with van der Waals surface area (Å²) in [5.74, 6) is -0.974. The zero-order valence-corrected chi connectivity index (χ0v) is 21.0. The molecule has 2 aromatic carbocycles. The lowest BCUT2D eigenvalue weighted by atomic mass is 9.98. The Morgan fingerprint density at radius 3 is 2.83 bits per heavy atom. The lowest BCUT2D eigenvalue weighted by Gasteiger charge is -2.28. The molecule has 0 unspecified atom stereocenters. The largest absolute Gasteiger partial charge is 0.420 e. The standard InChI is InChI=1S/C27H30ClF2N3O3/c1-16-6-5-9-21(28)25(16)32-27-31-22-11-10-17(24(30)26(22)36-27)12-23(34)33-14-18(29)13-19(33)15-35-20-7-3-2-4-8-20/h5-6,9-11,18-20H,2-4,7-8,12-15H2,1H3,(H,31,32)/t18-,19-/m0/s1. The van der Waals surface area contributed by atoms with Crippen LogP contribution in [0.4, 0.5) is 20.5 Å². The Balaban J connectivity index is 1.28. The minimum Gasteiger partial charge on any atom is -0.420 e. The molecule has 1 saturated heterocycles. The molecule has 5 rings (SSSR count). The summed E-state index contributed by atoms with van der Waals surface area (Å²) in [6.45, 7) is 2.21. The molecule has 2 fully saturated rings. The zero-order valence-electron chi connectivity index (χ0n) is 20.2. The van der Waals surface area contributed by atoms with Gasteiger partial charge in [-0.05, 0) is 37.5 Å². The molecule has 9 heteroatoms. The van der Waals surface area contributed by atoms with E-state index in [1.165, 1.54) is 17.4 Å². The number of benzene rings is 2. The molecular formula is C27H30ClF2N3O3. The highest BCUT2D eigenvalue weighted by Crippen LogP contribution is 2.32. The molecule has 2 aliphatic rings. The summed E-state index contributed by atoms with van der Waals surface area (Å²) in [5, 5.41) is 3.50. The summed E-state index contributed by atoms with van der Waals surface area (Å²) in [6.07, 6.45) is 4.66. The Morgan fingerprint density at radius 2 is 2.06 bits per heavy atom. The van der Waals surface area contributed by atoms with Crippen LogP contribution in [0, 0.1) is 12.7 Å². The lowest BCUT2D eigenvalue weighted by molar-refractivity contribution is -0.133. The number of oxazole rings is 1. The summed E-state index contributed by atoms with van der Waals surface area (Å²) >= 11 is 6.26. The van der Waals surface area contributed by atoms with Gasteiger partial charge in [-0.1, -0.05) is 49.1 Å². The molecule has 36 heavy (non-hydrogen) atoms. The maximum absolute atomic E-state index is 15.3. The molecule has 1 aliphatic carbocycles. The van der Waals surface area contributed by atoms with E-state index in [1.807, 2.05) is 19.1 Å². The van der Waals surface area contributed by atoms with Crippen LogP contribution in [-0.2, 0) is 16.0 Å². The molecule has 1 aromatic heterocycles. The second-order valence-corrected chi connectivity index (χ2v) is 10.2. The number of hydrogen-bond donors (Lipinski definition) is 1. The predicted molar refractivity (Wildman–Crippen MR) is 135 cm³/mol. The molecule has 0 bridgehead atoms. The third kappa shape index (κ3) is 5.34. The van der Waals surface area contributed by atoms with Crippen molar-refractivity contribution in [2.24, 2.45) is 0 Å². The first-order valence-electron chi connectivity index (χ1n) is 12.5. The summed E-state index contributed by atoms with van der Waals surface area (Å²) in [7, 11) is 0. The number of halogens is 3. The fourth-order valence-electron chi connectivity index (χ4n) is 5.15. The molecule has 6 nitrogen and oxygen atoms in total. The van der Waals surface area contributed by atoms with Gasteiger partial charge in [0.05, 0.1) is 42.4 Å². The van der Waals surface area contributed by atoms with E-state index < -0.39 is 12.0 Å². The topological polar surface area (TPSA) is 67.6 Å². The minimum atomic E-state index is -1.10. The van der Waals surface area contributed by atoms with Crippen LogP contribution in [0.3, 0.4) is 0 Å². The third-order valence-corrected chi connectivity index (χ3v) is 7.45. The Hall–Kier alpha value is -2.71. The molecule has 192 valence electrons. The van der Waals surface area contributed by atoms with Gasteiger partial charge in [-0.15, -0.1) is 0 Å². The molecule has 0 radical (unpaired) electrons. The maximum Gasteiger partial charge on any atom is 0.300 e. The molecule has 2 atom stereocenters. The van der Waals surface area contributed by atoms with Crippen molar-refractivity contribution in [1.82, 2.24) is 9.88 Å². The van der Waals surface area contributed by atoms with Gasteiger partial charge >= 0.3 is 0 Å². The number of anilines is 2. The number of alkyl halides is 1. The number of amides is 1. The highest BCUT2D eigenvalue weighted by atomic mass is 35.5. The van der Waals surface area contributed by atoms with Crippen molar-refractivity contribution >= 4 is 40.3 Å². The minimum absolute atomic E-state index is 0.00888. The second-order valence-electron chi connectivity index (χ2n) is 9.77. The van der Waals surface area contributed by atoms with Crippen molar-refractivity contribution in [3.8, 4) is 0 Å². The van der Waals surface area contributed by atoms with E-state index in [2.05, 4.69) is 10.3 Å². The van der Waals surface area contributed by atoms with Gasteiger partial charge in [-0.25, -0.2) is 8.78 Å². The van der Waals surface area contributed by atoms with Crippen LogP contribution >= 0.6 is 11.6 Å².